The molecule has 2 atom stereocenters. The Morgan fingerprint density at radius 3 is 2.76 bits per heavy atom. The highest BCUT2D eigenvalue weighted by molar-refractivity contribution is 5.69. The number of piperidine rings is 1. The number of ether oxygens (including phenoxy) is 1. The summed E-state index contributed by atoms with van der Waals surface area (Å²) in [5.41, 5.74) is 0. The zero-order valence-corrected chi connectivity index (χ0v) is 11.9. The monoisotopic (exact) mass is 307 g/mol. The molecule has 1 aliphatic rings. The largest absolute Gasteiger partial charge is 0.466 e. The predicted molar refractivity (Wildman–Crippen MR) is 69.3 cm³/mol. The Balaban J connectivity index is 2.55. The maximum Gasteiger partial charge on any atom is 0.401 e. The maximum absolute atomic E-state index is 12.3. The number of halogens is 3. The van der Waals surface area contributed by atoms with Crippen LogP contribution in [0.2, 0.25) is 0 Å². The van der Waals surface area contributed by atoms with E-state index in [4.69, 9.17) is 10.00 Å². The molecule has 0 amide bonds. The van der Waals surface area contributed by atoms with Gasteiger partial charge < -0.3 is 10.1 Å². The normalized spacial score (nSPS) is 23.6. The summed E-state index contributed by atoms with van der Waals surface area (Å²) in [6, 6.07) is 1.61. The molecule has 1 N–H and O–H groups in total. The first kappa shape index (κ1) is 17.7. The highest BCUT2D eigenvalue weighted by Gasteiger charge is 2.32. The van der Waals surface area contributed by atoms with Gasteiger partial charge in [-0.05, 0) is 19.3 Å². The molecule has 0 aromatic heterocycles. The molecule has 1 aliphatic heterocycles. The van der Waals surface area contributed by atoms with Gasteiger partial charge in [0.25, 0.3) is 0 Å². The topological polar surface area (TPSA) is 65.4 Å². The van der Waals surface area contributed by atoms with Crippen LogP contribution in [-0.4, -0.2) is 55.9 Å². The van der Waals surface area contributed by atoms with Crippen LogP contribution in [-0.2, 0) is 9.53 Å². The molecule has 0 spiro atoms. The van der Waals surface area contributed by atoms with Gasteiger partial charge in [-0.15, -0.1) is 0 Å². The van der Waals surface area contributed by atoms with E-state index in [9.17, 15) is 18.0 Å². The van der Waals surface area contributed by atoms with Crippen molar-refractivity contribution in [3.05, 3.63) is 0 Å². The fourth-order valence-electron chi connectivity index (χ4n) is 2.54. The first-order valence-electron chi connectivity index (χ1n) is 6.89. The second kappa shape index (κ2) is 8.20. The van der Waals surface area contributed by atoms with Crippen LogP contribution in [0.1, 0.15) is 19.8 Å². The number of hydrogen-bond donors (Lipinski definition) is 1. The van der Waals surface area contributed by atoms with Gasteiger partial charge in [-0.2, -0.15) is 18.4 Å². The average Bonchev–Trinajstić information content (AvgIpc) is 2.36. The van der Waals surface area contributed by atoms with Crippen molar-refractivity contribution in [3.63, 3.8) is 0 Å². The number of carbonyl (C=O) groups excluding carboxylic acids is 1. The molecule has 1 fully saturated rings. The summed E-state index contributed by atoms with van der Waals surface area (Å²) in [7, 11) is 0. The molecule has 5 nitrogen and oxygen atoms in total. The lowest BCUT2D eigenvalue weighted by molar-refractivity contribution is -0.145. The smallest absolute Gasteiger partial charge is 0.401 e. The summed E-state index contributed by atoms with van der Waals surface area (Å²) in [5, 5.41) is 11.2. The summed E-state index contributed by atoms with van der Waals surface area (Å²) in [6.45, 7) is 1.96. The molecule has 0 aromatic carbocycles. The van der Waals surface area contributed by atoms with E-state index < -0.39 is 12.7 Å². The number of nitriles is 1. The third-order valence-electron chi connectivity index (χ3n) is 3.26. The summed E-state index contributed by atoms with van der Waals surface area (Å²) in [6.07, 6.45) is -3.63. The molecule has 21 heavy (non-hydrogen) atoms. The molecule has 1 rings (SSSR count). The van der Waals surface area contributed by atoms with Crippen LogP contribution >= 0.6 is 0 Å². The summed E-state index contributed by atoms with van der Waals surface area (Å²) >= 11 is 0. The molecule has 0 aromatic rings. The van der Waals surface area contributed by atoms with E-state index in [0.29, 0.717) is 19.5 Å². The lowest BCUT2D eigenvalue weighted by Crippen LogP contribution is -2.51. The Bertz CT molecular complexity index is 382. The molecule has 1 saturated heterocycles. The summed E-state index contributed by atoms with van der Waals surface area (Å²) in [4.78, 5) is 13.3. The van der Waals surface area contributed by atoms with Crippen LogP contribution in [0.5, 0.6) is 0 Å². The van der Waals surface area contributed by atoms with Gasteiger partial charge in [-0.3, -0.25) is 9.69 Å². The second-order valence-electron chi connectivity index (χ2n) is 5.16. The zero-order valence-electron chi connectivity index (χ0n) is 11.9. The van der Waals surface area contributed by atoms with Crippen LogP contribution in [0.15, 0.2) is 0 Å². The maximum atomic E-state index is 12.3. The molecule has 1 heterocycles. The van der Waals surface area contributed by atoms with Gasteiger partial charge >= 0.3 is 12.1 Å². The second-order valence-corrected chi connectivity index (χ2v) is 5.16. The first-order chi connectivity index (χ1) is 9.84. The van der Waals surface area contributed by atoms with Gasteiger partial charge in [0.15, 0.2) is 0 Å². The van der Waals surface area contributed by atoms with E-state index in [1.54, 1.807) is 11.8 Å². The molecule has 0 bridgehead atoms. The molecule has 0 aliphatic carbocycles. The van der Waals surface area contributed by atoms with E-state index in [2.05, 4.69) is 5.32 Å². The lowest BCUT2D eigenvalue weighted by Gasteiger charge is -2.36. The fraction of sp³-hybridized carbons (Fsp3) is 0.846. The first-order valence-corrected chi connectivity index (χ1v) is 6.89. The Kier molecular flexibility index (Phi) is 6.92. The van der Waals surface area contributed by atoms with E-state index in [-0.39, 0.29) is 37.5 Å². The number of nitrogens with one attached hydrogen (secondary N) is 1. The average molecular weight is 307 g/mol. The predicted octanol–water partition coefficient (Wildman–Crippen LogP) is 1.31. The van der Waals surface area contributed by atoms with Crippen molar-refractivity contribution >= 4 is 5.97 Å². The van der Waals surface area contributed by atoms with E-state index in [0.717, 1.165) is 0 Å². The van der Waals surface area contributed by atoms with Gasteiger partial charge in [0, 0.05) is 25.6 Å². The molecular formula is C13H20F3N3O2. The minimum atomic E-state index is -4.27. The van der Waals surface area contributed by atoms with E-state index >= 15 is 0 Å². The molecule has 0 radical (unpaired) electrons. The molecule has 120 valence electrons. The van der Waals surface area contributed by atoms with Crippen molar-refractivity contribution in [2.75, 3.05) is 32.8 Å². The Labute approximate surface area is 122 Å². The molecule has 0 saturated carbocycles. The van der Waals surface area contributed by atoms with Gasteiger partial charge in [-0.25, -0.2) is 0 Å². The summed E-state index contributed by atoms with van der Waals surface area (Å²) in [5.74, 6) is -0.451. The van der Waals surface area contributed by atoms with Crippen LogP contribution in [0.25, 0.3) is 0 Å². The van der Waals surface area contributed by atoms with E-state index in [1.807, 2.05) is 6.07 Å². The van der Waals surface area contributed by atoms with Crippen LogP contribution in [0, 0.1) is 17.2 Å². The molecular weight excluding hydrogens is 287 g/mol. The van der Waals surface area contributed by atoms with Gasteiger partial charge in [0.2, 0.25) is 0 Å². The van der Waals surface area contributed by atoms with Crippen molar-refractivity contribution in [1.29, 1.82) is 5.26 Å². The zero-order chi connectivity index (χ0) is 15.9. The Morgan fingerprint density at radius 1 is 1.48 bits per heavy atom. The SMILES string of the molecule is CCOC(=O)CC1CC(NCC(F)(F)F)CN(CC#N)C1. The third-order valence-corrected chi connectivity index (χ3v) is 3.26. The number of alkyl halides is 3. The minimum absolute atomic E-state index is 0.100. The van der Waals surface area contributed by atoms with Gasteiger partial charge in [-0.1, -0.05) is 0 Å². The highest BCUT2D eigenvalue weighted by atomic mass is 19.4. The van der Waals surface area contributed by atoms with Crippen molar-refractivity contribution in [3.8, 4) is 6.07 Å². The number of nitrogens with zero attached hydrogens (tertiary/aromatic N) is 2. The number of esters is 1. The lowest BCUT2D eigenvalue weighted by atomic mass is 9.91. The van der Waals surface area contributed by atoms with Crippen LogP contribution in [0.4, 0.5) is 13.2 Å². The fourth-order valence-corrected chi connectivity index (χ4v) is 2.54. The van der Waals surface area contributed by atoms with Crippen molar-refractivity contribution in [2.45, 2.75) is 32.0 Å². The van der Waals surface area contributed by atoms with Crippen molar-refractivity contribution in [1.82, 2.24) is 10.2 Å². The Morgan fingerprint density at radius 2 is 2.19 bits per heavy atom. The van der Waals surface area contributed by atoms with Crippen molar-refractivity contribution in [2.24, 2.45) is 5.92 Å². The third kappa shape index (κ3) is 7.29. The van der Waals surface area contributed by atoms with Crippen LogP contribution in [0.3, 0.4) is 0 Å². The quantitative estimate of drug-likeness (QED) is 0.592. The number of likely N-dealkylation sites (tertiary alicyclic amines) is 1. The van der Waals surface area contributed by atoms with E-state index in [1.165, 1.54) is 0 Å². The minimum Gasteiger partial charge on any atom is -0.466 e. The standard InChI is InChI=1S/C13H20F3N3O2/c1-2-21-12(20)6-10-5-11(18-9-13(14,15)16)8-19(7-10)4-3-17/h10-11,18H,2,4-9H2,1H3. The number of rotatable bonds is 6. The molecule has 2 unspecified atom stereocenters. The Hall–Kier alpha value is -1.33. The van der Waals surface area contributed by atoms with Crippen molar-refractivity contribution < 1.29 is 22.7 Å². The summed E-state index contributed by atoms with van der Waals surface area (Å²) < 4.78 is 41.6. The van der Waals surface area contributed by atoms with Crippen LogP contribution < -0.4 is 5.32 Å². The van der Waals surface area contributed by atoms with Gasteiger partial charge in [0.05, 0.1) is 25.8 Å². The highest BCUT2D eigenvalue weighted by Crippen LogP contribution is 2.22. The number of carbonyl (C=O) groups is 1. The van der Waals surface area contributed by atoms with Gasteiger partial charge in [0.1, 0.15) is 0 Å². The number of hydrogen-bond acceptors (Lipinski definition) is 5. The molecule has 8 heteroatoms.